The summed E-state index contributed by atoms with van der Waals surface area (Å²) in [5, 5.41) is 7.55. The molecule has 0 aliphatic rings. The van der Waals surface area contributed by atoms with Gasteiger partial charge in [-0.2, -0.15) is 5.10 Å². The Morgan fingerprint density at radius 1 is 0.750 bits per heavy atom. The van der Waals surface area contributed by atoms with Crippen molar-refractivity contribution in [1.82, 2.24) is 5.43 Å². The molecule has 0 unspecified atom stereocenters. The summed E-state index contributed by atoms with van der Waals surface area (Å²) in [4.78, 5) is 24.4. The molecule has 0 bridgehead atoms. The van der Waals surface area contributed by atoms with Gasteiger partial charge in [0.25, 0.3) is 11.8 Å². The maximum absolute atomic E-state index is 12.3. The van der Waals surface area contributed by atoms with E-state index in [0.29, 0.717) is 27.5 Å². The Bertz CT molecular complexity index is 998. The number of amides is 2. The van der Waals surface area contributed by atoms with E-state index in [1.54, 1.807) is 67.6 Å². The van der Waals surface area contributed by atoms with Crippen LogP contribution in [0, 0.1) is 0 Å². The molecule has 0 fully saturated rings. The van der Waals surface area contributed by atoms with Crippen LogP contribution < -0.4 is 10.7 Å². The third-order valence-corrected chi connectivity index (χ3v) is 4.28. The lowest BCUT2D eigenvalue weighted by atomic mass is 10.1. The first kappa shape index (κ1) is 19.3. The zero-order valence-corrected chi connectivity index (χ0v) is 15.9. The smallest absolute Gasteiger partial charge is 0.271 e. The number of hydrogen-bond donors (Lipinski definition) is 2. The van der Waals surface area contributed by atoms with E-state index in [1.807, 2.05) is 18.2 Å². The number of halogens is 1. The van der Waals surface area contributed by atoms with E-state index in [0.717, 1.165) is 5.56 Å². The topological polar surface area (TPSA) is 70.6 Å². The standard InChI is InChI=1S/C22H18ClN3O2/c1-15(16-7-11-19(23)12-8-16)25-26-22(28)18-9-13-20(14-10-18)24-21(27)17-5-3-2-4-6-17/h2-14H,1H3,(H,24,27)(H,26,28). The van der Waals surface area contributed by atoms with Crippen LogP contribution in [0.2, 0.25) is 5.02 Å². The first-order valence-corrected chi connectivity index (χ1v) is 8.98. The highest BCUT2D eigenvalue weighted by Crippen LogP contribution is 2.12. The second kappa shape index (κ2) is 8.97. The monoisotopic (exact) mass is 391 g/mol. The SMILES string of the molecule is CC(=NNC(=O)c1ccc(NC(=O)c2ccccc2)cc1)c1ccc(Cl)cc1. The van der Waals surface area contributed by atoms with Crippen LogP contribution in [-0.4, -0.2) is 17.5 Å². The number of carbonyl (C=O) groups is 2. The summed E-state index contributed by atoms with van der Waals surface area (Å²) in [5.41, 5.74) is 5.66. The van der Waals surface area contributed by atoms with Crippen LogP contribution in [0.1, 0.15) is 33.2 Å². The number of benzene rings is 3. The molecule has 0 spiro atoms. The van der Waals surface area contributed by atoms with Gasteiger partial charge in [0, 0.05) is 21.8 Å². The fraction of sp³-hybridized carbons (Fsp3) is 0.0455. The lowest BCUT2D eigenvalue weighted by molar-refractivity contribution is 0.0954. The Balaban J connectivity index is 1.61. The average Bonchev–Trinajstić information content (AvgIpc) is 2.73. The fourth-order valence-corrected chi connectivity index (χ4v) is 2.58. The van der Waals surface area contributed by atoms with Crippen molar-refractivity contribution in [3.63, 3.8) is 0 Å². The second-order valence-electron chi connectivity index (χ2n) is 6.04. The minimum absolute atomic E-state index is 0.207. The minimum atomic E-state index is -0.339. The van der Waals surface area contributed by atoms with Crippen molar-refractivity contribution < 1.29 is 9.59 Å². The second-order valence-corrected chi connectivity index (χ2v) is 6.48. The van der Waals surface area contributed by atoms with Crippen LogP contribution in [-0.2, 0) is 0 Å². The largest absolute Gasteiger partial charge is 0.322 e. The highest BCUT2D eigenvalue weighted by molar-refractivity contribution is 6.30. The molecule has 3 aromatic rings. The summed E-state index contributed by atoms with van der Waals surface area (Å²) in [7, 11) is 0. The molecule has 3 aromatic carbocycles. The van der Waals surface area contributed by atoms with Gasteiger partial charge in [0.15, 0.2) is 0 Å². The molecule has 0 aliphatic carbocycles. The van der Waals surface area contributed by atoms with Gasteiger partial charge in [-0.3, -0.25) is 9.59 Å². The maximum Gasteiger partial charge on any atom is 0.271 e. The highest BCUT2D eigenvalue weighted by Gasteiger charge is 2.08. The molecule has 5 nitrogen and oxygen atoms in total. The molecule has 0 radical (unpaired) electrons. The molecular formula is C22H18ClN3O2. The summed E-state index contributed by atoms with van der Waals surface area (Å²) in [6.07, 6.45) is 0. The summed E-state index contributed by atoms with van der Waals surface area (Å²) in [5.74, 6) is -0.546. The predicted octanol–water partition coefficient (Wildman–Crippen LogP) is 4.75. The van der Waals surface area contributed by atoms with Gasteiger partial charge in [0.1, 0.15) is 0 Å². The van der Waals surface area contributed by atoms with Crippen molar-refractivity contribution in [1.29, 1.82) is 0 Å². The molecule has 0 heterocycles. The average molecular weight is 392 g/mol. The highest BCUT2D eigenvalue weighted by atomic mass is 35.5. The van der Waals surface area contributed by atoms with Crippen LogP contribution in [0.3, 0.4) is 0 Å². The first-order chi connectivity index (χ1) is 13.5. The zero-order chi connectivity index (χ0) is 19.9. The number of anilines is 1. The van der Waals surface area contributed by atoms with Crippen molar-refractivity contribution in [2.75, 3.05) is 5.32 Å². The normalized spacial score (nSPS) is 11.0. The van der Waals surface area contributed by atoms with Crippen molar-refractivity contribution in [2.24, 2.45) is 5.10 Å². The van der Waals surface area contributed by atoms with Gasteiger partial charge in [-0.25, -0.2) is 5.43 Å². The van der Waals surface area contributed by atoms with E-state index < -0.39 is 0 Å². The maximum atomic E-state index is 12.3. The van der Waals surface area contributed by atoms with Gasteiger partial charge < -0.3 is 5.32 Å². The van der Waals surface area contributed by atoms with Crippen molar-refractivity contribution in [3.05, 3.63) is 101 Å². The van der Waals surface area contributed by atoms with E-state index in [-0.39, 0.29) is 11.8 Å². The first-order valence-electron chi connectivity index (χ1n) is 8.60. The number of rotatable bonds is 5. The Labute approximate surface area is 168 Å². The molecule has 2 amide bonds. The van der Waals surface area contributed by atoms with Crippen molar-refractivity contribution in [2.45, 2.75) is 6.92 Å². The van der Waals surface area contributed by atoms with E-state index in [1.165, 1.54) is 0 Å². The molecule has 0 aromatic heterocycles. The molecule has 0 aliphatic heterocycles. The summed E-state index contributed by atoms with van der Waals surface area (Å²) < 4.78 is 0. The van der Waals surface area contributed by atoms with Crippen LogP contribution in [0.5, 0.6) is 0 Å². The molecule has 0 saturated heterocycles. The van der Waals surface area contributed by atoms with Crippen LogP contribution in [0.25, 0.3) is 0 Å². The zero-order valence-electron chi connectivity index (χ0n) is 15.1. The molecule has 3 rings (SSSR count). The molecule has 2 N–H and O–H groups in total. The van der Waals surface area contributed by atoms with Gasteiger partial charge >= 0.3 is 0 Å². The van der Waals surface area contributed by atoms with Crippen molar-refractivity contribution >= 4 is 34.8 Å². The lowest BCUT2D eigenvalue weighted by Gasteiger charge is -2.07. The number of carbonyl (C=O) groups excluding carboxylic acids is 2. The lowest BCUT2D eigenvalue weighted by Crippen LogP contribution is -2.19. The summed E-state index contributed by atoms with van der Waals surface area (Å²) in [6, 6.07) is 22.7. The summed E-state index contributed by atoms with van der Waals surface area (Å²) in [6.45, 7) is 1.80. The quantitative estimate of drug-likeness (QED) is 0.487. The number of hydrazone groups is 1. The van der Waals surface area contributed by atoms with E-state index in [2.05, 4.69) is 15.8 Å². The van der Waals surface area contributed by atoms with Gasteiger partial charge in [-0.05, 0) is 61.0 Å². The predicted molar refractivity (Wildman–Crippen MR) is 112 cm³/mol. The van der Waals surface area contributed by atoms with Gasteiger partial charge in [0.05, 0.1) is 5.71 Å². The van der Waals surface area contributed by atoms with Crippen molar-refractivity contribution in [3.8, 4) is 0 Å². The van der Waals surface area contributed by atoms with Crippen LogP contribution >= 0.6 is 11.6 Å². The number of hydrogen-bond acceptors (Lipinski definition) is 3. The van der Waals surface area contributed by atoms with Crippen LogP contribution in [0.15, 0.2) is 84.0 Å². The molecule has 6 heteroatoms. The molecular weight excluding hydrogens is 374 g/mol. The Hall–Kier alpha value is -3.44. The Kier molecular flexibility index (Phi) is 6.19. The Morgan fingerprint density at radius 3 is 1.96 bits per heavy atom. The molecule has 0 atom stereocenters. The van der Waals surface area contributed by atoms with Gasteiger partial charge in [-0.1, -0.05) is 41.9 Å². The molecule has 140 valence electrons. The minimum Gasteiger partial charge on any atom is -0.322 e. The van der Waals surface area contributed by atoms with E-state index in [4.69, 9.17) is 11.6 Å². The third-order valence-electron chi connectivity index (χ3n) is 4.03. The van der Waals surface area contributed by atoms with Gasteiger partial charge in [-0.15, -0.1) is 0 Å². The fourth-order valence-electron chi connectivity index (χ4n) is 2.45. The van der Waals surface area contributed by atoms with Crippen LogP contribution in [0.4, 0.5) is 5.69 Å². The molecule has 28 heavy (non-hydrogen) atoms. The van der Waals surface area contributed by atoms with E-state index in [9.17, 15) is 9.59 Å². The molecule has 0 saturated carbocycles. The number of nitrogens with one attached hydrogen (secondary N) is 2. The third kappa shape index (κ3) is 5.05. The van der Waals surface area contributed by atoms with Gasteiger partial charge in [0.2, 0.25) is 0 Å². The Morgan fingerprint density at radius 2 is 1.32 bits per heavy atom. The number of nitrogens with zero attached hydrogens (tertiary/aromatic N) is 1. The van der Waals surface area contributed by atoms with E-state index >= 15 is 0 Å². The summed E-state index contributed by atoms with van der Waals surface area (Å²) >= 11 is 5.87.